The Balaban J connectivity index is 0.00000576. The first kappa shape index (κ1) is 23.5. The molecule has 0 saturated carbocycles. The average Bonchev–Trinajstić information content (AvgIpc) is 2.51. The molecule has 1 amide bonds. The third-order valence-corrected chi connectivity index (χ3v) is 3.35. The van der Waals surface area contributed by atoms with E-state index in [4.69, 9.17) is 0 Å². The molecule has 0 aromatic heterocycles. The second kappa shape index (κ2) is 11.2. The van der Waals surface area contributed by atoms with Gasteiger partial charge >= 0.3 is 0 Å². The summed E-state index contributed by atoms with van der Waals surface area (Å²) in [7, 11) is 3.33. The quantitative estimate of drug-likeness (QED) is 0.384. The van der Waals surface area contributed by atoms with Crippen LogP contribution in [0.2, 0.25) is 0 Å². The highest BCUT2D eigenvalue weighted by Gasteiger charge is 2.12. The molecule has 5 nitrogen and oxygen atoms in total. The molecule has 1 atom stereocenters. The number of nitrogens with zero attached hydrogens (tertiary/aromatic N) is 2. The molecule has 0 saturated heterocycles. The van der Waals surface area contributed by atoms with Gasteiger partial charge in [0.2, 0.25) is 5.91 Å². The number of likely N-dealkylation sites (N-methyl/N-ethyl adjacent to an activating group) is 1. The van der Waals surface area contributed by atoms with Crippen molar-refractivity contribution in [1.82, 2.24) is 15.5 Å². The highest BCUT2D eigenvalue weighted by Crippen LogP contribution is 2.15. The predicted molar refractivity (Wildman–Crippen MR) is 107 cm³/mol. The van der Waals surface area contributed by atoms with Crippen molar-refractivity contribution in [1.29, 1.82) is 0 Å². The molecule has 0 fully saturated rings. The second-order valence-electron chi connectivity index (χ2n) is 6.27. The molecule has 0 spiro atoms. The fraction of sp³-hybridized carbons (Fsp3) is 0.529. The van der Waals surface area contributed by atoms with E-state index in [1.54, 1.807) is 14.1 Å². The number of halogens is 3. The molecule has 1 unspecified atom stereocenters. The Morgan fingerprint density at radius 1 is 1.20 bits per heavy atom. The summed E-state index contributed by atoms with van der Waals surface area (Å²) in [6, 6.07) is 3.46. The maximum absolute atomic E-state index is 13.4. The number of nitrogens with one attached hydrogen (secondary N) is 2. The molecular formula is C17H27F2IN4O. The zero-order valence-corrected chi connectivity index (χ0v) is 17.6. The van der Waals surface area contributed by atoms with Gasteiger partial charge in [-0.05, 0) is 30.5 Å². The van der Waals surface area contributed by atoms with E-state index >= 15 is 0 Å². The van der Waals surface area contributed by atoms with Crippen molar-refractivity contribution in [3.05, 3.63) is 35.4 Å². The van der Waals surface area contributed by atoms with Crippen molar-refractivity contribution < 1.29 is 13.6 Å². The van der Waals surface area contributed by atoms with E-state index in [0.717, 1.165) is 12.1 Å². The van der Waals surface area contributed by atoms with E-state index in [9.17, 15) is 13.6 Å². The van der Waals surface area contributed by atoms with Crippen LogP contribution in [-0.4, -0.2) is 44.0 Å². The van der Waals surface area contributed by atoms with Gasteiger partial charge in [-0.3, -0.25) is 4.79 Å². The minimum Gasteiger partial charge on any atom is -0.356 e. The standard InChI is InChI=1S/C17H26F2N4O.HI/c1-11(2)9-20-17(21-10-16(24)23(4)5)22-12(3)13-6-7-14(18)15(19)8-13;/h6-8,11-12H,9-10H2,1-5H3,(H2,20,21,22);1H. The maximum Gasteiger partial charge on any atom is 0.243 e. The van der Waals surface area contributed by atoms with Crippen LogP contribution in [0.1, 0.15) is 32.4 Å². The zero-order valence-electron chi connectivity index (χ0n) is 15.3. The monoisotopic (exact) mass is 468 g/mol. The van der Waals surface area contributed by atoms with Gasteiger partial charge in [-0.15, -0.1) is 24.0 Å². The number of hydrogen-bond acceptors (Lipinski definition) is 2. The molecule has 8 heteroatoms. The van der Waals surface area contributed by atoms with E-state index in [1.165, 1.54) is 11.0 Å². The highest BCUT2D eigenvalue weighted by atomic mass is 127. The van der Waals surface area contributed by atoms with Gasteiger partial charge in [-0.2, -0.15) is 0 Å². The first-order valence-electron chi connectivity index (χ1n) is 7.90. The lowest BCUT2D eigenvalue weighted by Gasteiger charge is -2.20. The number of rotatable bonds is 6. The smallest absolute Gasteiger partial charge is 0.243 e. The average molecular weight is 468 g/mol. The van der Waals surface area contributed by atoms with Gasteiger partial charge in [0.15, 0.2) is 17.6 Å². The zero-order chi connectivity index (χ0) is 18.3. The maximum atomic E-state index is 13.4. The molecule has 142 valence electrons. The van der Waals surface area contributed by atoms with E-state index in [1.807, 2.05) is 20.8 Å². The van der Waals surface area contributed by atoms with Gasteiger partial charge in [0, 0.05) is 20.6 Å². The Kier molecular flexibility index (Phi) is 10.6. The first-order valence-corrected chi connectivity index (χ1v) is 7.90. The lowest BCUT2D eigenvalue weighted by molar-refractivity contribution is -0.127. The van der Waals surface area contributed by atoms with E-state index in [2.05, 4.69) is 15.6 Å². The molecular weight excluding hydrogens is 441 g/mol. The summed E-state index contributed by atoms with van der Waals surface area (Å²) >= 11 is 0. The molecule has 0 radical (unpaired) electrons. The molecule has 1 rings (SSSR count). The van der Waals surface area contributed by atoms with Crippen molar-refractivity contribution in [2.45, 2.75) is 26.8 Å². The van der Waals surface area contributed by atoms with Crippen LogP contribution in [0.15, 0.2) is 23.2 Å². The van der Waals surface area contributed by atoms with Gasteiger partial charge in [0.25, 0.3) is 0 Å². The van der Waals surface area contributed by atoms with Crippen LogP contribution in [0.4, 0.5) is 8.78 Å². The SMILES string of the molecule is CC(C)CNC(=NCC(=O)N(C)C)NC(C)c1ccc(F)c(F)c1.I. The fourth-order valence-corrected chi connectivity index (χ4v) is 1.81. The Labute approximate surface area is 165 Å². The largest absolute Gasteiger partial charge is 0.356 e. The van der Waals surface area contributed by atoms with Crippen LogP contribution in [-0.2, 0) is 4.79 Å². The molecule has 1 aromatic carbocycles. The van der Waals surface area contributed by atoms with Crippen LogP contribution in [0, 0.1) is 17.6 Å². The molecule has 0 aliphatic carbocycles. The van der Waals surface area contributed by atoms with E-state index in [-0.39, 0.29) is 42.5 Å². The van der Waals surface area contributed by atoms with Crippen molar-refractivity contribution >= 4 is 35.8 Å². The molecule has 2 N–H and O–H groups in total. The predicted octanol–water partition coefficient (Wildman–Crippen LogP) is 2.92. The van der Waals surface area contributed by atoms with Crippen LogP contribution in [0.25, 0.3) is 0 Å². The number of benzene rings is 1. The summed E-state index contributed by atoms with van der Waals surface area (Å²) in [6.45, 7) is 6.59. The number of carbonyl (C=O) groups is 1. The minimum absolute atomic E-state index is 0. The molecule has 0 heterocycles. The Morgan fingerprint density at radius 3 is 2.36 bits per heavy atom. The number of aliphatic imine (C=N–C) groups is 1. The summed E-state index contributed by atoms with van der Waals surface area (Å²) in [6.07, 6.45) is 0. The topological polar surface area (TPSA) is 56.7 Å². The highest BCUT2D eigenvalue weighted by molar-refractivity contribution is 14.0. The van der Waals surface area contributed by atoms with Gasteiger partial charge in [-0.1, -0.05) is 19.9 Å². The van der Waals surface area contributed by atoms with Crippen LogP contribution >= 0.6 is 24.0 Å². The van der Waals surface area contributed by atoms with Crippen molar-refractivity contribution in [2.75, 3.05) is 27.2 Å². The van der Waals surface area contributed by atoms with Gasteiger partial charge < -0.3 is 15.5 Å². The van der Waals surface area contributed by atoms with E-state index in [0.29, 0.717) is 24.0 Å². The summed E-state index contributed by atoms with van der Waals surface area (Å²) in [5.41, 5.74) is 0.590. The van der Waals surface area contributed by atoms with E-state index < -0.39 is 11.6 Å². The molecule has 0 aliphatic heterocycles. The van der Waals surface area contributed by atoms with Crippen LogP contribution in [0.3, 0.4) is 0 Å². The molecule has 0 aliphatic rings. The van der Waals surface area contributed by atoms with Crippen LogP contribution < -0.4 is 10.6 Å². The lowest BCUT2D eigenvalue weighted by Crippen LogP contribution is -2.41. The van der Waals surface area contributed by atoms with Crippen molar-refractivity contribution in [3.63, 3.8) is 0 Å². The summed E-state index contributed by atoms with van der Waals surface area (Å²) in [5.74, 6) is -1.05. The molecule has 25 heavy (non-hydrogen) atoms. The normalized spacial score (nSPS) is 12.4. The molecule has 1 aromatic rings. The van der Waals surface area contributed by atoms with Crippen molar-refractivity contribution in [3.8, 4) is 0 Å². The number of amides is 1. The Morgan fingerprint density at radius 2 is 1.84 bits per heavy atom. The van der Waals surface area contributed by atoms with Gasteiger partial charge in [0.05, 0.1) is 6.04 Å². The Bertz CT molecular complexity index is 594. The number of guanidine groups is 1. The lowest BCUT2D eigenvalue weighted by atomic mass is 10.1. The number of hydrogen-bond donors (Lipinski definition) is 2. The molecule has 0 bridgehead atoms. The second-order valence-corrected chi connectivity index (χ2v) is 6.27. The summed E-state index contributed by atoms with van der Waals surface area (Å²) in [5, 5.41) is 6.25. The summed E-state index contributed by atoms with van der Waals surface area (Å²) < 4.78 is 26.4. The van der Waals surface area contributed by atoms with Crippen molar-refractivity contribution in [2.24, 2.45) is 10.9 Å². The third-order valence-electron chi connectivity index (χ3n) is 3.35. The van der Waals surface area contributed by atoms with Gasteiger partial charge in [0.1, 0.15) is 6.54 Å². The first-order chi connectivity index (χ1) is 11.2. The van der Waals surface area contributed by atoms with Crippen LogP contribution in [0.5, 0.6) is 0 Å². The minimum atomic E-state index is -0.891. The Hall–Kier alpha value is -1.45. The third kappa shape index (κ3) is 8.46. The summed E-state index contributed by atoms with van der Waals surface area (Å²) in [4.78, 5) is 17.4. The van der Waals surface area contributed by atoms with Gasteiger partial charge in [-0.25, -0.2) is 13.8 Å². The fourth-order valence-electron chi connectivity index (χ4n) is 1.81. The number of carbonyl (C=O) groups excluding carboxylic acids is 1.